The summed E-state index contributed by atoms with van der Waals surface area (Å²) in [6, 6.07) is -0.871. The Hall–Kier alpha value is -1.30. The lowest BCUT2D eigenvalue weighted by atomic mass is 10.2. The van der Waals surface area contributed by atoms with Gasteiger partial charge in [-0.25, -0.2) is 20.4 Å². The van der Waals surface area contributed by atoms with Crippen LogP contribution in [0.5, 0.6) is 0 Å². The van der Waals surface area contributed by atoms with Crippen molar-refractivity contribution in [2.75, 3.05) is 7.11 Å². The summed E-state index contributed by atoms with van der Waals surface area (Å²) in [5.41, 5.74) is -0.648. The molecule has 0 aromatic rings. The molecule has 0 aromatic heterocycles. The van der Waals surface area contributed by atoms with Gasteiger partial charge >= 0.3 is 12.1 Å². The van der Waals surface area contributed by atoms with Gasteiger partial charge in [0.2, 0.25) is 0 Å². The molecule has 2 N–H and O–H groups in total. The summed E-state index contributed by atoms with van der Waals surface area (Å²) >= 11 is 0. The Morgan fingerprint density at radius 2 is 1.80 bits per heavy atom. The van der Waals surface area contributed by atoms with Crippen LogP contribution in [0.1, 0.15) is 27.7 Å². The molecular formula is C9H18N2O4. The van der Waals surface area contributed by atoms with Crippen LogP contribution in [0.4, 0.5) is 4.79 Å². The number of amides is 1. The minimum absolute atomic E-state index is 0.594. The molecule has 0 saturated carbocycles. The molecule has 0 unspecified atom stereocenters. The Bertz CT molecular complexity index is 247. The Balaban J connectivity index is 4.39. The van der Waals surface area contributed by atoms with Gasteiger partial charge in [0.1, 0.15) is 11.6 Å². The van der Waals surface area contributed by atoms with Gasteiger partial charge in [0.15, 0.2) is 0 Å². The van der Waals surface area contributed by atoms with E-state index in [0.29, 0.717) is 5.01 Å². The van der Waals surface area contributed by atoms with Crippen molar-refractivity contribution in [1.29, 1.82) is 0 Å². The molecule has 0 aliphatic carbocycles. The van der Waals surface area contributed by atoms with Crippen LogP contribution in [-0.4, -0.2) is 35.8 Å². The van der Waals surface area contributed by atoms with Crippen LogP contribution in [0.3, 0.4) is 0 Å². The van der Waals surface area contributed by atoms with Crippen molar-refractivity contribution in [1.82, 2.24) is 5.01 Å². The second-order valence-electron chi connectivity index (χ2n) is 4.09. The summed E-state index contributed by atoms with van der Waals surface area (Å²) in [4.78, 5) is 22.5. The third-order valence-electron chi connectivity index (χ3n) is 1.56. The van der Waals surface area contributed by atoms with Crippen LogP contribution in [0.15, 0.2) is 0 Å². The van der Waals surface area contributed by atoms with Gasteiger partial charge in [-0.05, 0) is 27.7 Å². The summed E-state index contributed by atoms with van der Waals surface area (Å²) in [7, 11) is 1.22. The first-order chi connectivity index (χ1) is 6.69. The van der Waals surface area contributed by atoms with Gasteiger partial charge in [-0.2, -0.15) is 0 Å². The Morgan fingerprint density at radius 3 is 2.13 bits per heavy atom. The summed E-state index contributed by atoms with van der Waals surface area (Å²) in [6.45, 7) is 6.58. The number of hydrazine groups is 1. The van der Waals surface area contributed by atoms with Gasteiger partial charge in [0, 0.05) is 0 Å². The smallest absolute Gasteiger partial charge is 0.425 e. The zero-order chi connectivity index (χ0) is 12.2. The average molecular weight is 218 g/mol. The third kappa shape index (κ3) is 4.64. The fourth-order valence-corrected chi connectivity index (χ4v) is 0.757. The van der Waals surface area contributed by atoms with Crippen LogP contribution in [-0.2, 0) is 14.3 Å². The molecule has 0 aliphatic rings. The molecule has 0 heterocycles. The van der Waals surface area contributed by atoms with Crippen molar-refractivity contribution >= 4 is 12.1 Å². The molecule has 88 valence electrons. The van der Waals surface area contributed by atoms with E-state index in [-0.39, 0.29) is 0 Å². The molecule has 6 heteroatoms. The lowest BCUT2D eigenvalue weighted by molar-refractivity contribution is -0.146. The second-order valence-corrected chi connectivity index (χ2v) is 4.09. The summed E-state index contributed by atoms with van der Waals surface area (Å²) in [5, 5.41) is 0.705. The van der Waals surface area contributed by atoms with Crippen molar-refractivity contribution < 1.29 is 19.1 Å². The van der Waals surface area contributed by atoms with Gasteiger partial charge < -0.3 is 9.47 Å². The lowest BCUT2D eigenvalue weighted by Gasteiger charge is -2.26. The maximum Gasteiger partial charge on any atom is 0.425 e. The molecule has 0 radical (unpaired) electrons. The van der Waals surface area contributed by atoms with E-state index in [2.05, 4.69) is 4.74 Å². The van der Waals surface area contributed by atoms with E-state index >= 15 is 0 Å². The van der Waals surface area contributed by atoms with E-state index in [9.17, 15) is 9.59 Å². The molecule has 0 aromatic carbocycles. The van der Waals surface area contributed by atoms with Crippen LogP contribution in [0.2, 0.25) is 0 Å². The molecule has 0 saturated heterocycles. The number of methoxy groups -OCH3 is 1. The van der Waals surface area contributed by atoms with Gasteiger partial charge in [-0.3, -0.25) is 0 Å². The normalized spacial score (nSPS) is 12.9. The van der Waals surface area contributed by atoms with E-state index < -0.39 is 23.7 Å². The van der Waals surface area contributed by atoms with Crippen molar-refractivity contribution in [2.45, 2.75) is 39.3 Å². The highest BCUT2D eigenvalue weighted by Crippen LogP contribution is 2.09. The number of hydrogen-bond acceptors (Lipinski definition) is 5. The first-order valence-corrected chi connectivity index (χ1v) is 4.53. The first kappa shape index (κ1) is 13.7. The molecule has 0 bridgehead atoms. The Kier molecular flexibility index (Phi) is 4.54. The molecule has 0 rings (SSSR count). The van der Waals surface area contributed by atoms with Gasteiger partial charge in [0.05, 0.1) is 7.11 Å². The molecule has 0 aliphatic heterocycles. The molecular weight excluding hydrogens is 200 g/mol. The van der Waals surface area contributed by atoms with E-state index in [1.54, 1.807) is 20.8 Å². The maximum atomic E-state index is 11.4. The van der Waals surface area contributed by atoms with Gasteiger partial charge in [-0.15, -0.1) is 0 Å². The number of nitrogens with zero attached hydrogens (tertiary/aromatic N) is 1. The zero-order valence-corrected chi connectivity index (χ0v) is 9.73. The highest BCUT2D eigenvalue weighted by atomic mass is 16.6. The fraction of sp³-hybridized carbons (Fsp3) is 0.778. The quantitative estimate of drug-likeness (QED) is 0.318. The fourth-order valence-electron chi connectivity index (χ4n) is 0.757. The van der Waals surface area contributed by atoms with E-state index in [1.807, 2.05) is 0 Å². The molecule has 1 amide bonds. The SMILES string of the molecule is COC(=O)[C@@H](C)N(N)C(=O)OC(C)(C)C. The number of carbonyl (C=O) groups is 2. The number of esters is 1. The summed E-state index contributed by atoms with van der Waals surface area (Å²) in [5.74, 6) is 4.81. The van der Waals surface area contributed by atoms with Crippen molar-refractivity contribution in [2.24, 2.45) is 5.84 Å². The predicted octanol–water partition coefficient (Wildman–Crippen LogP) is 0.659. The molecule has 15 heavy (non-hydrogen) atoms. The highest BCUT2D eigenvalue weighted by Gasteiger charge is 2.28. The number of ether oxygens (including phenoxy) is 2. The maximum absolute atomic E-state index is 11.4. The van der Waals surface area contributed by atoms with Crippen LogP contribution >= 0.6 is 0 Å². The minimum Gasteiger partial charge on any atom is -0.467 e. The standard InChI is InChI=1S/C9H18N2O4/c1-6(7(12)14-5)11(10)8(13)15-9(2,3)4/h6H,10H2,1-5H3/t6-/m1/s1. The van der Waals surface area contributed by atoms with Crippen LogP contribution < -0.4 is 5.84 Å². The third-order valence-corrected chi connectivity index (χ3v) is 1.56. The van der Waals surface area contributed by atoms with Crippen LogP contribution in [0.25, 0.3) is 0 Å². The van der Waals surface area contributed by atoms with Gasteiger partial charge in [0.25, 0.3) is 0 Å². The van der Waals surface area contributed by atoms with Crippen LogP contribution in [0, 0.1) is 0 Å². The van der Waals surface area contributed by atoms with Gasteiger partial charge in [-0.1, -0.05) is 0 Å². The molecule has 0 spiro atoms. The highest BCUT2D eigenvalue weighted by molar-refractivity contribution is 5.80. The number of hydrogen-bond donors (Lipinski definition) is 1. The molecule has 0 fully saturated rings. The zero-order valence-electron chi connectivity index (χ0n) is 9.73. The largest absolute Gasteiger partial charge is 0.467 e. The monoisotopic (exact) mass is 218 g/mol. The molecule has 1 atom stereocenters. The predicted molar refractivity (Wildman–Crippen MR) is 53.7 cm³/mol. The Labute approximate surface area is 89.3 Å². The van der Waals surface area contributed by atoms with E-state index in [0.717, 1.165) is 0 Å². The number of rotatable bonds is 2. The van der Waals surface area contributed by atoms with E-state index in [4.69, 9.17) is 10.6 Å². The van der Waals surface area contributed by atoms with Crippen molar-refractivity contribution in [3.63, 3.8) is 0 Å². The topological polar surface area (TPSA) is 81.9 Å². The number of nitrogens with two attached hydrogens (primary N) is 1. The van der Waals surface area contributed by atoms with E-state index in [1.165, 1.54) is 14.0 Å². The number of carbonyl (C=O) groups excluding carboxylic acids is 2. The first-order valence-electron chi connectivity index (χ1n) is 4.53. The summed E-state index contributed by atoms with van der Waals surface area (Å²) < 4.78 is 9.41. The van der Waals surface area contributed by atoms with Crippen molar-refractivity contribution in [3.8, 4) is 0 Å². The minimum atomic E-state index is -0.871. The second kappa shape index (κ2) is 4.97. The Morgan fingerprint density at radius 1 is 1.33 bits per heavy atom. The summed E-state index contributed by atoms with van der Waals surface area (Å²) in [6.07, 6.45) is -0.764. The lowest BCUT2D eigenvalue weighted by Crippen LogP contribution is -2.50. The average Bonchev–Trinajstić information content (AvgIpc) is 2.11. The molecule has 6 nitrogen and oxygen atoms in total. The van der Waals surface area contributed by atoms with Crippen molar-refractivity contribution in [3.05, 3.63) is 0 Å².